The molecule has 6 saturated carbocycles. The van der Waals surface area contributed by atoms with Crippen molar-refractivity contribution in [1.29, 1.82) is 0 Å². The Hall–Kier alpha value is -0.660. The summed E-state index contributed by atoms with van der Waals surface area (Å²) in [5, 5.41) is 0. The standard InChI is InChI=1S/C24H38N2/c1-17-5-18-7-19(6-17)12-23(2,11-18)25-3-4-26(16-25)24-13-20-8-21(14-24)10-22(9-20)15-24/h3-4,17-22H,5-16H2,1-2H3. The van der Waals surface area contributed by atoms with Crippen molar-refractivity contribution in [1.82, 2.24) is 9.80 Å². The molecule has 0 saturated heterocycles. The van der Waals surface area contributed by atoms with Gasteiger partial charge in [0.2, 0.25) is 0 Å². The molecule has 0 amide bonds. The van der Waals surface area contributed by atoms with E-state index in [9.17, 15) is 0 Å². The quantitative estimate of drug-likeness (QED) is 0.636. The Balaban J connectivity index is 1.20. The van der Waals surface area contributed by atoms with Gasteiger partial charge in [0.1, 0.15) is 0 Å². The number of fused-ring (bicyclic) bond motifs is 2. The average molecular weight is 355 g/mol. The molecule has 2 unspecified atom stereocenters. The predicted molar refractivity (Wildman–Crippen MR) is 106 cm³/mol. The first kappa shape index (κ1) is 16.3. The maximum absolute atomic E-state index is 2.83. The van der Waals surface area contributed by atoms with Crippen molar-refractivity contribution in [2.24, 2.45) is 35.5 Å². The topological polar surface area (TPSA) is 6.48 Å². The minimum Gasteiger partial charge on any atom is -0.353 e. The third-order valence-electron chi connectivity index (χ3n) is 9.63. The van der Waals surface area contributed by atoms with Gasteiger partial charge in [-0.1, -0.05) is 6.92 Å². The van der Waals surface area contributed by atoms with Gasteiger partial charge in [-0.05, 0) is 113 Å². The van der Waals surface area contributed by atoms with Crippen molar-refractivity contribution in [3.63, 3.8) is 0 Å². The van der Waals surface area contributed by atoms with Crippen molar-refractivity contribution >= 4 is 0 Å². The van der Waals surface area contributed by atoms with Gasteiger partial charge in [-0.15, -0.1) is 0 Å². The Morgan fingerprint density at radius 3 is 1.65 bits per heavy atom. The van der Waals surface area contributed by atoms with Crippen LogP contribution in [0.15, 0.2) is 12.4 Å². The lowest BCUT2D eigenvalue weighted by atomic mass is 9.52. The molecule has 6 fully saturated rings. The summed E-state index contributed by atoms with van der Waals surface area (Å²) in [6.07, 6.45) is 21.6. The molecule has 1 aliphatic heterocycles. The summed E-state index contributed by atoms with van der Waals surface area (Å²) in [7, 11) is 0. The Morgan fingerprint density at radius 1 is 0.654 bits per heavy atom. The zero-order valence-electron chi connectivity index (χ0n) is 17.0. The van der Waals surface area contributed by atoms with Gasteiger partial charge in [0.05, 0.1) is 6.67 Å². The smallest absolute Gasteiger partial charge is 0.0904 e. The third kappa shape index (κ3) is 2.42. The molecule has 0 spiro atoms. The van der Waals surface area contributed by atoms with Gasteiger partial charge in [0, 0.05) is 23.5 Å². The Kier molecular flexibility index (Phi) is 3.42. The molecule has 2 heteroatoms. The highest BCUT2D eigenvalue weighted by Gasteiger charge is 2.54. The van der Waals surface area contributed by atoms with Crippen LogP contribution in [0.25, 0.3) is 0 Å². The van der Waals surface area contributed by atoms with Gasteiger partial charge in [-0.2, -0.15) is 0 Å². The molecule has 0 aromatic rings. The van der Waals surface area contributed by atoms with E-state index >= 15 is 0 Å². The summed E-state index contributed by atoms with van der Waals surface area (Å²) in [6.45, 7) is 6.28. The monoisotopic (exact) mass is 354 g/mol. The van der Waals surface area contributed by atoms with Crippen LogP contribution in [0.3, 0.4) is 0 Å². The first-order valence-electron chi connectivity index (χ1n) is 11.7. The van der Waals surface area contributed by atoms with Crippen molar-refractivity contribution in [3.05, 3.63) is 12.4 Å². The lowest BCUT2D eigenvalue weighted by molar-refractivity contribution is -0.0854. The summed E-state index contributed by atoms with van der Waals surface area (Å²) in [6, 6.07) is 0. The van der Waals surface area contributed by atoms with Crippen LogP contribution < -0.4 is 0 Å². The fourth-order valence-corrected chi connectivity index (χ4v) is 9.29. The first-order chi connectivity index (χ1) is 12.5. The number of hydrogen-bond donors (Lipinski definition) is 0. The summed E-state index contributed by atoms with van der Waals surface area (Å²) >= 11 is 0. The zero-order chi connectivity index (χ0) is 17.5. The molecule has 6 aliphatic carbocycles. The van der Waals surface area contributed by atoms with Crippen LogP contribution in [-0.2, 0) is 0 Å². The minimum absolute atomic E-state index is 0.418. The molecular weight excluding hydrogens is 316 g/mol. The Labute approximate surface area is 160 Å². The molecule has 0 N–H and O–H groups in total. The lowest BCUT2D eigenvalue weighted by Crippen LogP contribution is -2.60. The van der Waals surface area contributed by atoms with Crippen molar-refractivity contribution < 1.29 is 0 Å². The third-order valence-corrected chi connectivity index (χ3v) is 9.63. The number of hydrogen-bond acceptors (Lipinski definition) is 2. The second-order valence-corrected chi connectivity index (χ2v) is 12.0. The first-order valence-corrected chi connectivity index (χ1v) is 11.7. The molecule has 7 rings (SSSR count). The fourth-order valence-electron chi connectivity index (χ4n) is 9.29. The van der Waals surface area contributed by atoms with Gasteiger partial charge >= 0.3 is 0 Å². The van der Waals surface area contributed by atoms with Crippen LogP contribution in [0, 0.1) is 35.5 Å². The molecular formula is C24H38N2. The molecule has 7 aliphatic rings. The van der Waals surface area contributed by atoms with Crippen LogP contribution in [0.1, 0.15) is 84.5 Å². The van der Waals surface area contributed by atoms with E-state index in [0.717, 1.165) is 35.5 Å². The summed E-state index contributed by atoms with van der Waals surface area (Å²) in [4.78, 5) is 5.61. The molecule has 26 heavy (non-hydrogen) atoms. The highest BCUT2D eigenvalue weighted by atomic mass is 15.4. The van der Waals surface area contributed by atoms with E-state index in [1.54, 1.807) is 19.3 Å². The van der Waals surface area contributed by atoms with Gasteiger partial charge in [-0.3, -0.25) is 0 Å². The molecule has 2 nitrogen and oxygen atoms in total. The van der Waals surface area contributed by atoms with Crippen molar-refractivity contribution in [3.8, 4) is 0 Å². The van der Waals surface area contributed by atoms with Crippen LogP contribution in [0.2, 0.25) is 0 Å². The van der Waals surface area contributed by atoms with Crippen LogP contribution in [0.4, 0.5) is 0 Å². The Morgan fingerprint density at radius 2 is 1.12 bits per heavy atom. The van der Waals surface area contributed by atoms with Crippen LogP contribution in [0.5, 0.6) is 0 Å². The van der Waals surface area contributed by atoms with E-state index in [1.807, 2.05) is 0 Å². The van der Waals surface area contributed by atoms with E-state index in [0.29, 0.717) is 11.1 Å². The van der Waals surface area contributed by atoms with Gasteiger partial charge in [0.15, 0.2) is 0 Å². The molecule has 6 bridgehead atoms. The maximum Gasteiger partial charge on any atom is 0.0904 e. The molecule has 0 aromatic carbocycles. The van der Waals surface area contributed by atoms with Crippen molar-refractivity contribution in [2.45, 2.75) is 95.6 Å². The molecule has 144 valence electrons. The van der Waals surface area contributed by atoms with Crippen molar-refractivity contribution in [2.75, 3.05) is 6.67 Å². The number of rotatable bonds is 2. The molecule has 2 atom stereocenters. The maximum atomic E-state index is 2.83. The van der Waals surface area contributed by atoms with E-state index < -0.39 is 0 Å². The molecule has 1 heterocycles. The van der Waals surface area contributed by atoms with E-state index in [2.05, 4.69) is 36.0 Å². The van der Waals surface area contributed by atoms with Gasteiger partial charge in [0.25, 0.3) is 0 Å². The fraction of sp³-hybridized carbons (Fsp3) is 0.917. The highest BCUT2D eigenvalue weighted by Crippen LogP contribution is 2.58. The Bertz CT molecular complexity index is 554. The lowest BCUT2D eigenvalue weighted by Gasteiger charge is -2.60. The summed E-state index contributed by atoms with van der Waals surface area (Å²) < 4.78 is 0. The zero-order valence-corrected chi connectivity index (χ0v) is 17.0. The normalized spacial score (nSPS) is 55.0. The minimum atomic E-state index is 0.418. The summed E-state index contributed by atoms with van der Waals surface area (Å²) in [5.74, 6) is 6.11. The largest absolute Gasteiger partial charge is 0.353 e. The van der Waals surface area contributed by atoms with Crippen LogP contribution >= 0.6 is 0 Å². The van der Waals surface area contributed by atoms with E-state index in [-0.39, 0.29) is 0 Å². The summed E-state index contributed by atoms with van der Waals surface area (Å²) in [5.41, 5.74) is 0.955. The van der Waals surface area contributed by atoms with E-state index in [4.69, 9.17) is 0 Å². The van der Waals surface area contributed by atoms with E-state index in [1.165, 1.54) is 58.0 Å². The highest BCUT2D eigenvalue weighted by molar-refractivity contribution is 5.13. The number of nitrogens with zero attached hydrogens (tertiary/aromatic N) is 2. The second kappa shape index (κ2) is 5.45. The van der Waals surface area contributed by atoms with Gasteiger partial charge in [-0.25, -0.2) is 0 Å². The average Bonchev–Trinajstić information content (AvgIpc) is 3.03. The SMILES string of the molecule is CC1CC2CC(C1)CC(C)(N1C=CN(C34CC5CC(CC(C5)C3)C4)C1)C2. The molecule has 0 radical (unpaired) electrons. The molecule has 0 aromatic heterocycles. The predicted octanol–water partition coefficient (Wildman–Crippen LogP) is 5.61. The van der Waals surface area contributed by atoms with Gasteiger partial charge < -0.3 is 9.80 Å². The van der Waals surface area contributed by atoms with Crippen LogP contribution in [-0.4, -0.2) is 27.5 Å². The second-order valence-electron chi connectivity index (χ2n) is 12.0.